The lowest BCUT2D eigenvalue weighted by molar-refractivity contribution is 0.192. The average Bonchev–Trinajstić information content (AvgIpc) is 2.16. The highest BCUT2D eigenvalue weighted by Crippen LogP contribution is 2.21. The summed E-state index contributed by atoms with van der Waals surface area (Å²) in [6.07, 6.45) is 7.67. The van der Waals surface area contributed by atoms with Crippen LogP contribution in [-0.4, -0.2) is 24.0 Å². The summed E-state index contributed by atoms with van der Waals surface area (Å²) in [7, 11) is 0. The van der Waals surface area contributed by atoms with Gasteiger partial charge < -0.3 is 4.90 Å². The zero-order chi connectivity index (χ0) is 9.68. The van der Waals surface area contributed by atoms with Gasteiger partial charge in [-0.2, -0.15) is 0 Å². The highest BCUT2D eigenvalue weighted by Gasteiger charge is 2.17. The van der Waals surface area contributed by atoms with Gasteiger partial charge in [-0.15, -0.1) is 0 Å². The van der Waals surface area contributed by atoms with E-state index in [9.17, 15) is 0 Å². The third kappa shape index (κ3) is 3.15. The smallest absolute Gasteiger partial charge is 0.0133 e. The third-order valence-corrected chi connectivity index (χ3v) is 3.04. The normalized spacial score (nSPS) is 23.4. The van der Waals surface area contributed by atoms with Gasteiger partial charge in [-0.3, -0.25) is 0 Å². The second-order valence-corrected chi connectivity index (χ2v) is 4.11. The minimum atomic E-state index is 0.827. The SMILES string of the molecule is CCCN(CC)C1CC=C(C)CC1. The van der Waals surface area contributed by atoms with E-state index in [1.165, 1.54) is 38.8 Å². The van der Waals surface area contributed by atoms with E-state index in [1.54, 1.807) is 5.57 Å². The molecule has 0 aliphatic heterocycles. The van der Waals surface area contributed by atoms with Crippen molar-refractivity contribution in [2.75, 3.05) is 13.1 Å². The molecule has 13 heavy (non-hydrogen) atoms. The van der Waals surface area contributed by atoms with Crippen molar-refractivity contribution in [3.05, 3.63) is 11.6 Å². The molecule has 0 aromatic rings. The van der Waals surface area contributed by atoms with E-state index < -0.39 is 0 Å². The van der Waals surface area contributed by atoms with Crippen LogP contribution < -0.4 is 0 Å². The second-order valence-electron chi connectivity index (χ2n) is 4.11. The second kappa shape index (κ2) is 5.43. The molecule has 0 fully saturated rings. The molecule has 0 heterocycles. The van der Waals surface area contributed by atoms with Crippen molar-refractivity contribution in [2.45, 2.75) is 52.5 Å². The summed E-state index contributed by atoms with van der Waals surface area (Å²) in [5, 5.41) is 0. The van der Waals surface area contributed by atoms with Crippen molar-refractivity contribution in [1.82, 2.24) is 4.90 Å². The maximum absolute atomic E-state index is 2.63. The summed E-state index contributed by atoms with van der Waals surface area (Å²) in [5.74, 6) is 0. The Bertz CT molecular complexity index is 172. The molecule has 0 amide bonds. The number of hydrogen-bond acceptors (Lipinski definition) is 1. The van der Waals surface area contributed by atoms with Crippen LogP contribution in [0.5, 0.6) is 0 Å². The molecular weight excluding hydrogens is 158 g/mol. The first-order valence-electron chi connectivity index (χ1n) is 5.67. The van der Waals surface area contributed by atoms with Crippen molar-refractivity contribution in [1.29, 1.82) is 0 Å². The van der Waals surface area contributed by atoms with E-state index in [2.05, 4.69) is 31.7 Å². The van der Waals surface area contributed by atoms with Gasteiger partial charge in [0.2, 0.25) is 0 Å². The van der Waals surface area contributed by atoms with E-state index in [-0.39, 0.29) is 0 Å². The predicted molar refractivity (Wildman–Crippen MR) is 58.9 cm³/mol. The van der Waals surface area contributed by atoms with Gasteiger partial charge >= 0.3 is 0 Å². The first-order valence-corrected chi connectivity index (χ1v) is 5.67. The van der Waals surface area contributed by atoms with Gasteiger partial charge in [0.25, 0.3) is 0 Å². The zero-order valence-electron chi connectivity index (χ0n) is 9.34. The summed E-state index contributed by atoms with van der Waals surface area (Å²) in [4.78, 5) is 2.63. The number of allylic oxidation sites excluding steroid dienone is 1. The van der Waals surface area contributed by atoms with Crippen LogP contribution in [0.4, 0.5) is 0 Å². The first-order chi connectivity index (χ1) is 6.27. The fraction of sp³-hybridized carbons (Fsp3) is 0.833. The van der Waals surface area contributed by atoms with Gasteiger partial charge in [-0.1, -0.05) is 25.5 Å². The molecule has 0 N–H and O–H groups in total. The summed E-state index contributed by atoms with van der Waals surface area (Å²) in [6, 6.07) is 0.827. The summed E-state index contributed by atoms with van der Waals surface area (Å²) in [6.45, 7) is 9.29. The molecule has 1 aliphatic rings. The van der Waals surface area contributed by atoms with E-state index in [0.717, 1.165) is 6.04 Å². The Morgan fingerprint density at radius 1 is 1.46 bits per heavy atom. The van der Waals surface area contributed by atoms with Gasteiger partial charge in [-0.05, 0) is 45.7 Å². The van der Waals surface area contributed by atoms with E-state index >= 15 is 0 Å². The highest BCUT2D eigenvalue weighted by molar-refractivity contribution is 5.04. The molecule has 0 saturated carbocycles. The number of nitrogens with zero attached hydrogens (tertiary/aromatic N) is 1. The van der Waals surface area contributed by atoms with Crippen LogP contribution in [-0.2, 0) is 0 Å². The fourth-order valence-corrected chi connectivity index (χ4v) is 2.17. The molecule has 1 nitrogen and oxygen atoms in total. The Morgan fingerprint density at radius 3 is 2.69 bits per heavy atom. The topological polar surface area (TPSA) is 3.24 Å². The largest absolute Gasteiger partial charge is 0.300 e. The number of rotatable bonds is 4. The molecule has 76 valence electrons. The molecule has 0 aromatic carbocycles. The average molecular weight is 181 g/mol. The quantitative estimate of drug-likeness (QED) is 0.602. The Morgan fingerprint density at radius 2 is 2.23 bits per heavy atom. The van der Waals surface area contributed by atoms with Gasteiger partial charge in [0.1, 0.15) is 0 Å². The summed E-state index contributed by atoms with van der Waals surface area (Å²) in [5.41, 5.74) is 1.59. The molecule has 1 heteroatoms. The molecule has 0 bridgehead atoms. The lowest BCUT2D eigenvalue weighted by atomic mass is 9.95. The lowest BCUT2D eigenvalue weighted by Crippen LogP contribution is -2.36. The zero-order valence-corrected chi connectivity index (χ0v) is 9.34. The Balaban J connectivity index is 2.42. The summed E-state index contributed by atoms with van der Waals surface area (Å²) < 4.78 is 0. The maximum atomic E-state index is 2.63. The Labute approximate surface area is 82.8 Å². The molecule has 0 spiro atoms. The van der Waals surface area contributed by atoms with Crippen LogP contribution in [0.3, 0.4) is 0 Å². The van der Waals surface area contributed by atoms with Crippen LogP contribution in [0, 0.1) is 0 Å². The Kier molecular flexibility index (Phi) is 4.51. The van der Waals surface area contributed by atoms with Crippen molar-refractivity contribution in [3.8, 4) is 0 Å². The van der Waals surface area contributed by atoms with Crippen LogP contribution in [0.15, 0.2) is 11.6 Å². The lowest BCUT2D eigenvalue weighted by Gasteiger charge is -2.32. The van der Waals surface area contributed by atoms with Gasteiger partial charge in [0, 0.05) is 6.04 Å². The standard InChI is InChI=1S/C12H23N/c1-4-10-13(5-2)12-8-6-11(3)7-9-12/h6,12H,4-5,7-10H2,1-3H3. The molecule has 1 rings (SSSR count). The molecular formula is C12H23N. The van der Waals surface area contributed by atoms with Gasteiger partial charge in [-0.25, -0.2) is 0 Å². The Hall–Kier alpha value is -0.300. The number of hydrogen-bond donors (Lipinski definition) is 0. The van der Waals surface area contributed by atoms with E-state index in [0.29, 0.717) is 0 Å². The molecule has 0 saturated heterocycles. The van der Waals surface area contributed by atoms with Crippen LogP contribution >= 0.6 is 0 Å². The maximum Gasteiger partial charge on any atom is 0.0133 e. The first kappa shape index (κ1) is 10.8. The molecule has 1 atom stereocenters. The molecule has 1 unspecified atom stereocenters. The minimum absolute atomic E-state index is 0.827. The van der Waals surface area contributed by atoms with Crippen LogP contribution in [0.2, 0.25) is 0 Å². The molecule has 0 aromatic heterocycles. The van der Waals surface area contributed by atoms with Crippen molar-refractivity contribution < 1.29 is 0 Å². The van der Waals surface area contributed by atoms with Crippen molar-refractivity contribution in [3.63, 3.8) is 0 Å². The van der Waals surface area contributed by atoms with Crippen molar-refractivity contribution >= 4 is 0 Å². The predicted octanol–water partition coefficient (Wildman–Crippen LogP) is 3.22. The van der Waals surface area contributed by atoms with Gasteiger partial charge in [0.15, 0.2) is 0 Å². The highest BCUT2D eigenvalue weighted by atomic mass is 15.1. The van der Waals surface area contributed by atoms with Gasteiger partial charge in [0.05, 0.1) is 0 Å². The minimum Gasteiger partial charge on any atom is -0.300 e. The van der Waals surface area contributed by atoms with Crippen molar-refractivity contribution in [2.24, 2.45) is 0 Å². The fourth-order valence-electron chi connectivity index (χ4n) is 2.17. The molecule has 0 radical (unpaired) electrons. The summed E-state index contributed by atoms with van der Waals surface area (Å²) >= 11 is 0. The monoisotopic (exact) mass is 181 g/mol. The van der Waals surface area contributed by atoms with Crippen LogP contribution in [0.25, 0.3) is 0 Å². The molecule has 1 aliphatic carbocycles. The van der Waals surface area contributed by atoms with E-state index in [4.69, 9.17) is 0 Å². The van der Waals surface area contributed by atoms with E-state index in [1.807, 2.05) is 0 Å². The van der Waals surface area contributed by atoms with Crippen LogP contribution in [0.1, 0.15) is 46.5 Å². The third-order valence-electron chi connectivity index (χ3n) is 3.04.